The Morgan fingerprint density at radius 1 is 1.36 bits per heavy atom. The van der Waals surface area contributed by atoms with Gasteiger partial charge in [-0.15, -0.1) is 0 Å². The Labute approximate surface area is 72.4 Å². The molecule has 1 atom stereocenters. The molecular formula is C8H16O2S. The summed E-state index contributed by atoms with van der Waals surface area (Å²) in [4.78, 5) is 10.4. The smallest absolute Gasteiger partial charge is 0.307 e. The predicted molar refractivity (Wildman–Crippen MR) is 49.0 cm³/mol. The van der Waals surface area contributed by atoms with Gasteiger partial charge in [0.1, 0.15) is 0 Å². The fraction of sp³-hybridized carbons (Fsp3) is 0.875. The van der Waals surface area contributed by atoms with Crippen LogP contribution >= 0.6 is 11.8 Å². The van der Waals surface area contributed by atoms with Crippen LogP contribution in [0.4, 0.5) is 0 Å². The molecule has 0 saturated heterocycles. The minimum absolute atomic E-state index is 0.209. The van der Waals surface area contributed by atoms with E-state index in [2.05, 4.69) is 13.8 Å². The lowest BCUT2D eigenvalue weighted by Crippen LogP contribution is -2.12. The molecule has 0 aromatic heterocycles. The van der Waals surface area contributed by atoms with Gasteiger partial charge in [-0.3, -0.25) is 4.79 Å². The third-order valence-corrected chi connectivity index (χ3v) is 2.88. The second-order valence-corrected chi connectivity index (χ2v) is 4.25. The number of carboxylic acids is 1. The van der Waals surface area contributed by atoms with Crippen molar-refractivity contribution in [2.24, 2.45) is 11.8 Å². The Morgan fingerprint density at radius 3 is 2.27 bits per heavy atom. The molecule has 0 bridgehead atoms. The Balaban J connectivity index is 3.31. The fourth-order valence-electron chi connectivity index (χ4n) is 0.552. The van der Waals surface area contributed by atoms with Gasteiger partial charge < -0.3 is 5.11 Å². The van der Waals surface area contributed by atoms with Crippen molar-refractivity contribution >= 4 is 17.7 Å². The van der Waals surface area contributed by atoms with Crippen molar-refractivity contribution < 1.29 is 9.90 Å². The van der Waals surface area contributed by atoms with Crippen molar-refractivity contribution in [3.05, 3.63) is 0 Å². The third-order valence-electron chi connectivity index (χ3n) is 1.24. The zero-order valence-corrected chi connectivity index (χ0v) is 8.15. The first kappa shape index (κ1) is 10.8. The van der Waals surface area contributed by atoms with Crippen molar-refractivity contribution in [1.82, 2.24) is 0 Å². The molecule has 0 aliphatic rings. The molecule has 0 aromatic carbocycles. The standard InChI is InChI=1S/C8H16O2S/c1-6(2)4-11-5-7(3)8(9)10/h6-7H,4-5H2,1-3H3,(H,9,10). The monoisotopic (exact) mass is 176 g/mol. The quantitative estimate of drug-likeness (QED) is 0.697. The van der Waals surface area contributed by atoms with E-state index in [0.29, 0.717) is 5.92 Å². The molecule has 1 N–H and O–H groups in total. The molecule has 0 aliphatic heterocycles. The maximum absolute atomic E-state index is 10.4. The summed E-state index contributed by atoms with van der Waals surface area (Å²) in [6.07, 6.45) is 0. The highest BCUT2D eigenvalue weighted by Gasteiger charge is 2.10. The second-order valence-electron chi connectivity index (χ2n) is 3.17. The van der Waals surface area contributed by atoms with Crippen LogP contribution in [0.2, 0.25) is 0 Å². The van der Waals surface area contributed by atoms with Gasteiger partial charge in [-0.25, -0.2) is 0 Å². The van der Waals surface area contributed by atoms with Crippen molar-refractivity contribution in [1.29, 1.82) is 0 Å². The van der Waals surface area contributed by atoms with E-state index in [-0.39, 0.29) is 5.92 Å². The lowest BCUT2D eigenvalue weighted by Gasteiger charge is -2.06. The zero-order chi connectivity index (χ0) is 8.85. The van der Waals surface area contributed by atoms with Gasteiger partial charge >= 0.3 is 5.97 Å². The van der Waals surface area contributed by atoms with Crippen LogP contribution in [-0.4, -0.2) is 22.6 Å². The van der Waals surface area contributed by atoms with Gasteiger partial charge in [0.2, 0.25) is 0 Å². The highest BCUT2D eigenvalue weighted by atomic mass is 32.2. The average Bonchev–Trinajstić information content (AvgIpc) is 1.86. The van der Waals surface area contributed by atoms with Crippen LogP contribution in [-0.2, 0) is 4.79 Å². The molecule has 3 heteroatoms. The van der Waals surface area contributed by atoms with Crippen LogP contribution < -0.4 is 0 Å². The third kappa shape index (κ3) is 6.23. The minimum Gasteiger partial charge on any atom is -0.481 e. The summed E-state index contributed by atoms with van der Waals surface area (Å²) >= 11 is 1.72. The minimum atomic E-state index is -0.693. The fourth-order valence-corrected chi connectivity index (χ4v) is 1.66. The number of carboxylic acid groups (broad SMARTS) is 1. The van der Waals surface area contributed by atoms with Gasteiger partial charge in [0, 0.05) is 5.75 Å². The van der Waals surface area contributed by atoms with Gasteiger partial charge in [-0.2, -0.15) is 11.8 Å². The highest BCUT2D eigenvalue weighted by molar-refractivity contribution is 7.99. The molecule has 0 aliphatic carbocycles. The molecule has 2 nitrogen and oxygen atoms in total. The number of aliphatic carboxylic acids is 1. The number of thioether (sulfide) groups is 1. The molecule has 0 spiro atoms. The number of hydrogen-bond donors (Lipinski definition) is 1. The van der Waals surface area contributed by atoms with Crippen LogP contribution in [0.15, 0.2) is 0 Å². The van der Waals surface area contributed by atoms with E-state index in [9.17, 15) is 4.79 Å². The number of carbonyl (C=O) groups is 1. The molecule has 11 heavy (non-hydrogen) atoms. The van der Waals surface area contributed by atoms with E-state index in [1.54, 1.807) is 18.7 Å². The molecule has 0 fully saturated rings. The van der Waals surface area contributed by atoms with Crippen LogP contribution in [0.25, 0.3) is 0 Å². The summed E-state index contributed by atoms with van der Waals surface area (Å²) < 4.78 is 0. The number of rotatable bonds is 5. The first-order chi connectivity index (χ1) is 5.04. The van der Waals surface area contributed by atoms with Crippen LogP contribution in [0.3, 0.4) is 0 Å². The normalized spacial score (nSPS) is 13.5. The largest absolute Gasteiger partial charge is 0.481 e. The van der Waals surface area contributed by atoms with E-state index in [4.69, 9.17) is 5.11 Å². The van der Waals surface area contributed by atoms with E-state index in [1.807, 2.05) is 0 Å². The molecule has 1 unspecified atom stereocenters. The summed E-state index contributed by atoms with van der Waals surface area (Å²) in [6, 6.07) is 0. The topological polar surface area (TPSA) is 37.3 Å². The molecule has 0 heterocycles. The SMILES string of the molecule is CC(C)CSCC(C)C(=O)O. The maximum atomic E-state index is 10.4. The zero-order valence-electron chi connectivity index (χ0n) is 7.33. The van der Waals surface area contributed by atoms with Gasteiger partial charge in [0.25, 0.3) is 0 Å². The van der Waals surface area contributed by atoms with Crippen molar-refractivity contribution in [2.75, 3.05) is 11.5 Å². The maximum Gasteiger partial charge on any atom is 0.307 e. The lowest BCUT2D eigenvalue weighted by atomic mass is 10.2. The van der Waals surface area contributed by atoms with Gasteiger partial charge in [0.15, 0.2) is 0 Å². The van der Waals surface area contributed by atoms with Gasteiger partial charge in [-0.05, 0) is 11.7 Å². The van der Waals surface area contributed by atoms with Crippen LogP contribution in [0, 0.1) is 11.8 Å². The molecule has 0 rings (SSSR count). The molecule has 0 saturated carbocycles. The molecule has 0 radical (unpaired) electrons. The Hall–Kier alpha value is -0.180. The van der Waals surface area contributed by atoms with E-state index in [0.717, 1.165) is 11.5 Å². The van der Waals surface area contributed by atoms with Crippen LogP contribution in [0.1, 0.15) is 20.8 Å². The van der Waals surface area contributed by atoms with Gasteiger partial charge in [-0.1, -0.05) is 20.8 Å². The Morgan fingerprint density at radius 2 is 1.91 bits per heavy atom. The molecule has 0 aromatic rings. The van der Waals surface area contributed by atoms with Crippen molar-refractivity contribution in [3.63, 3.8) is 0 Å². The van der Waals surface area contributed by atoms with Crippen molar-refractivity contribution in [2.45, 2.75) is 20.8 Å². The second kappa shape index (κ2) is 5.47. The lowest BCUT2D eigenvalue weighted by molar-refractivity contribution is -0.140. The Kier molecular flexibility index (Phi) is 5.38. The molecular weight excluding hydrogens is 160 g/mol. The first-order valence-corrected chi connectivity index (χ1v) is 5.00. The van der Waals surface area contributed by atoms with Gasteiger partial charge in [0.05, 0.1) is 5.92 Å². The average molecular weight is 176 g/mol. The molecule has 66 valence electrons. The summed E-state index contributed by atoms with van der Waals surface area (Å²) in [6.45, 7) is 6.02. The highest BCUT2D eigenvalue weighted by Crippen LogP contribution is 2.12. The summed E-state index contributed by atoms with van der Waals surface area (Å²) in [5.41, 5.74) is 0. The van der Waals surface area contributed by atoms with Crippen molar-refractivity contribution in [3.8, 4) is 0 Å². The van der Waals surface area contributed by atoms with E-state index < -0.39 is 5.97 Å². The van der Waals surface area contributed by atoms with E-state index in [1.165, 1.54) is 0 Å². The summed E-state index contributed by atoms with van der Waals surface area (Å²) in [7, 11) is 0. The first-order valence-electron chi connectivity index (χ1n) is 3.84. The molecule has 0 amide bonds. The van der Waals surface area contributed by atoms with E-state index >= 15 is 0 Å². The number of hydrogen-bond acceptors (Lipinski definition) is 2. The van der Waals surface area contributed by atoms with Crippen LogP contribution in [0.5, 0.6) is 0 Å². The summed E-state index contributed by atoms with van der Waals surface area (Å²) in [5, 5.41) is 8.53. The predicted octanol–water partition coefficient (Wildman–Crippen LogP) is 2.10. The summed E-state index contributed by atoms with van der Waals surface area (Å²) in [5.74, 6) is 1.53. The Bertz CT molecular complexity index is 123.